The van der Waals surface area contributed by atoms with Crippen molar-refractivity contribution in [2.75, 3.05) is 21.3 Å². The molecule has 0 bridgehead atoms. The monoisotopic (exact) mass is 165 g/mol. The summed E-state index contributed by atoms with van der Waals surface area (Å²) in [6.07, 6.45) is 0. The molecule has 4 nitrogen and oxygen atoms in total. The minimum Gasteiger partial charge on any atom is -0.389 e. The van der Waals surface area contributed by atoms with Crippen molar-refractivity contribution in [1.82, 2.24) is 0 Å². The van der Waals surface area contributed by atoms with E-state index >= 15 is 0 Å². The summed E-state index contributed by atoms with van der Waals surface area (Å²) < 4.78 is 14.6. The van der Waals surface area contributed by atoms with E-state index in [1.54, 1.807) is 0 Å². The maximum atomic E-state index is 9.04. The van der Waals surface area contributed by atoms with Crippen LogP contribution >= 0.6 is 0 Å². The maximum Gasteiger partial charge on any atom is 0.530 e. The minimum atomic E-state index is -2.85. The average molecular weight is 165 g/mol. The van der Waals surface area contributed by atoms with E-state index in [1.807, 2.05) is 0 Å². The number of hydrogen-bond acceptors (Lipinski definition) is 4. The third kappa shape index (κ3) is 1.77. The Balaban J connectivity index is 4.15. The smallest absolute Gasteiger partial charge is 0.389 e. The molecule has 61 valence electrons. The Labute approximate surface area is 62.1 Å². The van der Waals surface area contributed by atoms with Crippen LogP contribution in [-0.2, 0) is 13.3 Å². The maximum absolute atomic E-state index is 9.04. The molecule has 0 aromatic rings. The quantitative estimate of drug-likeness (QED) is 0.576. The number of hydrogen-bond donors (Lipinski definition) is 1. The first-order valence-electron chi connectivity index (χ1n) is 2.79. The first-order chi connectivity index (χ1) is 4.63. The van der Waals surface area contributed by atoms with Crippen LogP contribution in [0.1, 0.15) is 0 Å². The van der Waals surface area contributed by atoms with Crippen molar-refractivity contribution in [1.29, 1.82) is 0 Å². The fraction of sp³-hybridized carbons (Fsp3) is 0.800. The SMILES string of the molecule is [CH2]C(O)[Si](OC)(OC)OC. The van der Waals surface area contributed by atoms with Gasteiger partial charge in [0.25, 0.3) is 0 Å². The first-order valence-corrected chi connectivity index (χ1v) is 4.59. The van der Waals surface area contributed by atoms with Crippen molar-refractivity contribution >= 4 is 8.80 Å². The summed E-state index contributed by atoms with van der Waals surface area (Å²) in [5.74, 6) is 0. The zero-order chi connectivity index (χ0) is 8.20. The van der Waals surface area contributed by atoms with Gasteiger partial charge in [0.1, 0.15) is 5.73 Å². The summed E-state index contributed by atoms with van der Waals surface area (Å²) in [6.45, 7) is 3.37. The van der Waals surface area contributed by atoms with Crippen LogP contribution in [-0.4, -0.2) is 41.0 Å². The third-order valence-corrected chi connectivity index (χ3v) is 3.79. The molecular weight excluding hydrogens is 152 g/mol. The lowest BCUT2D eigenvalue weighted by molar-refractivity contribution is 0.0734. The zero-order valence-corrected chi connectivity index (χ0v) is 7.46. The van der Waals surface area contributed by atoms with Crippen LogP contribution in [0.2, 0.25) is 0 Å². The number of aliphatic hydroxyl groups excluding tert-OH is 1. The van der Waals surface area contributed by atoms with E-state index in [9.17, 15) is 0 Å². The molecule has 0 saturated heterocycles. The molecule has 0 amide bonds. The van der Waals surface area contributed by atoms with Gasteiger partial charge in [-0.3, -0.25) is 0 Å². The summed E-state index contributed by atoms with van der Waals surface area (Å²) >= 11 is 0. The molecule has 0 aromatic heterocycles. The average Bonchev–Trinajstić information content (AvgIpc) is 1.92. The highest BCUT2D eigenvalue weighted by Gasteiger charge is 2.44. The van der Waals surface area contributed by atoms with E-state index in [-0.39, 0.29) is 0 Å². The van der Waals surface area contributed by atoms with Gasteiger partial charge >= 0.3 is 8.80 Å². The molecule has 0 spiro atoms. The molecule has 0 aliphatic carbocycles. The second-order valence-corrected chi connectivity index (χ2v) is 4.83. The van der Waals surface area contributed by atoms with Crippen molar-refractivity contribution in [3.63, 3.8) is 0 Å². The Bertz CT molecular complexity index is 83.4. The summed E-state index contributed by atoms with van der Waals surface area (Å²) in [5, 5.41) is 9.04. The van der Waals surface area contributed by atoms with Gasteiger partial charge in [-0.25, -0.2) is 0 Å². The molecule has 0 heterocycles. The summed E-state index contributed by atoms with van der Waals surface area (Å²) in [7, 11) is 1.42. The van der Waals surface area contributed by atoms with Crippen molar-refractivity contribution in [3.05, 3.63) is 6.92 Å². The Morgan fingerprint density at radius 1 is 1.20 bits per heavy atom. The first kappa shape index (κ1) is 10.1. The normalized spacial score (nSPS) is 15.3. The van der Waals surface area contributed by atoms with Crippen molar-refractivity contribution in [3.8, 4) is 0 Å². The summed E-state index contributed by atoms with van der Waals surface area (Å²) in [6, 6.07) is 0. The van der Waals surface area contributed by atoms with Gasteiger partial charge in [0.05, 0.1) is 0 Å². The molecule has 1 N–H and O–H groups in total. The molecule has 10 heavy (non-hydrogen) atoms. The molecule has 0 fully saturated rings. The van der Waals surface area contributed by atoms with Crippen LogP contribution in [0, 0.1) is 6.92 Å². The lowest BCUT2D eigenvalue weighted by atomic mass is 10.9. The fourth-order valence-electron chi connectivity index (χ4n) is 0.658. The Hall–Kier alpha value is 0.0569. The van der Waals surface area contributed by atoms with Crippen molar-refractivity contribution in [2.45, 2.75) is 5.73 Å². The second kappa shape index (κ2) is 4.04. The summed E-state index contributed by atoms with van der Waals surface area (Å²) in [4.78, 5) is 0. The van der Waals surface area contributed by atoms with Crippen molar-refractivity contribution < 1.29 is 18.4 Å². The van der Waals surface area contributed by atoms with Crippen LogP contribution in [0.25, 0.3) is 0 Å². The molecule has 1 radical (unpaired) electrons. The highest BCUT2D eigenvalue weighted by molar-refractivity contribution is 6.62. The lowest BCUT2D eigenvalue weighted by Gasteiger charge is -2.26. The Morgan fingerprint density at radius 2 is 1.50 bits per heavy atom. The predicted molar refractivity (Wildman–Crippen MR) is 38.1 cm³/mol. The molecule has 0 rings (SSSR count). The lowest BCUT2D eigenvalue weighted by Crippen LogP contribution is -2.53. The summed E-state index contributed by atoms with van der Waals surface area (Å²) in [5.41, 5.74) is -0.938. The van der Waals surface area contributed by atoms with Crippen LogP contribution in [0.3, 0.4) is 0 Å². The standard InChI is InChI=1S/C5H13O4Si/c1-5(6)10(7-2,8-3)9-4/h5-6H,1H2,2-4H3. The highest BCUT2D eigenvalue weighted by Crippen LogP contribution is 2.09. The van der Waals surface area contributed by atoms with Gasteiger partial charge in [0.15, 0.2) is 0 Å². The van der Waals surface area contributed by atoms with E-state index in [2.05, 4.69) is 6.92 Å². The van der Waals surface area contributed by atoms with Gasteiger partial charge < -0.3 is 18.4 Å². The molecule has 0 saturated carbocycles. The zero-order valence-electron chi connectivity index (χ0n) is 6.46. The molecule has 0 aliphatic heterocycles. The molecule has 1 unspecified atom stereocenters. The molecule has 0 aromatic carbocycles. The second-order valence-electron chi connectivity index (χ2n) is 1.73. The van der Waals surface area contributed by atoms with E-state index in [4.69, 9.17) is 18.4 Å². The minimum absolute atomic E-state index is 0.938. The van der Waals surface area contributed by atoms with Gasteiger partial charge in [-0.1, -0.05) is 0 Å². The van der Waals surface area contributed by atoms with Gasteiger partial charge in [-0.15, -0.1) is 0 Å². The van der Waals surface area contributed by atoms with Crippen LogP contribution in [0.15, 0.2) is 0 Å². The van der Waals surface area contributed by atoms with Crippen LogP contribution in [0.4, 0.5) is 0 Å². The van der Waals surface area contributed by atoms with Gasteiger partial charge in [-0.05, 0) is 6.92 Å². The number of aliphatic hydroxyl groups is 1. The molecule has 1 atom stereocenters. The topological polar surface area (TPSA) is 47.9 Å². The highest BCUT2D eigenvalue weighted by atomic mass is 28.4. The molecular formula is C5H13O4Si. The van der Waals surface area contributed by atoms with Gasteiger partial charge in [0, 0.05) is 21.3 Å². The van der Waals surface area contributed by atoms with E-state index in [1.165, 1.54) is 21.3 Å². The van der Waals surface area contributed by atoms with Gasteiger partial charge in [-0.2, -0.15) is 0 Å². The van der Waals surface area contributed by atoms with Crippen LogP contribution in [0.5, 0.6) is 0 Å². The van der Waals surface area contributed by atoms with Gasteiger partial charge in [0.2, 0.25) is 0 Å². The molecule has 0 aliphatic rings. The van der Waals surface area contributed by atoms with E-state index in [0.29, 0.717) is 0 Å². The fourth-order valence-corrected chi connectivity index (χ4v) is 1.97. The third-order valence-electron chi connectivity index (χ3n) is 1.26. The molecule has 5 heteroatoms. The Morgan fingerprint density at radius 3 is 1.50 bits per heavy atom. The largest absolute Gasteiger partial charge is 0.530 e. The van der Waals surface area contributed by atoms with Crippen molar-refractivity contribution in [2.24, 2.45) is 0 Å². The van der Waals surface area contributed by atoms with E-state index < -0.39 is 14.5 Å². The predicted octanol–water partition coefficient (Wildman–Crippen LogP) is -0.401. The number of rotatable bonds is 4. The van der Waals surface area contributed by atoms with Crippen LogP contribution < -0.4 is 0 Å². The Kier molecular flexibility index (Phi) is 4.07. The van der Waals surface area contributed by atoms with E-state index in [0.717, 1.165) is 0 Å².